The van der Waals surface area contributed by atoms with Crippen LogP contribution in [0.15, 0.2) is 12.3 Å². The first-order valence-electron chi connectivity index (χ1n) is 5.62. The van der Waals surface area contributed by atoms with Crippen molar-refractivity contribution in [2.75, 3.05) is 6.61 Å². The maximum atomic E-state index is 5.88. The lowest BCUT2D eigenvalue weighted by atomic mass is 10.3. The maximum absolute atomic E-state index is 5.88. The van der Waals surface area contributed by atoms with Gasteiger partial charge in [0.05, 0.1) is 11.7 Å². The van der Waals surface area contributed by atoms with Crippen molar-refractivity contribution in [3.63, 3.8) is 0 Å². The third-order valence-electron chi connectivity index (χ3n) is 2.52. The molecule has 0 aliphatic rings. The number of fused-ring (bicyclic) bond motifs is 1. The Labute approximate surface area is 126 Å². The van der Waals surface area contributed by atoms with Gasteiger partial charge in [-0.25, -0.2) is 9.67 Å². The van der Waals surface area contributed by atoms with Gasteiger partial charge in [-0.3, -0.25) is 0 Å². The zero-order chi connectivity index (χ0) is 13.1. The molecule has 0 fully saturated rings. The summed E-state index contributed by atoms with van der Waals surface area (Å²) < 4.78 is 8.40. The van der Waals surface area contributed by atoms with Crippen molar-refractivity contribution in [3.05, 3.63) is 21.1 Å². The van der Waals surface area contributed by atoms with Gasteiger partial charge in [0, 0.05) is 20.8 Å². The number of hydrogen-bond donors (Lipinski definition) is 0. The summed E-state index contributed by atoms with van der Waals surface area (Å²) >= 11 is 8.08. The van der Waals surface area contributed by atoms with Crippen LogP contribution in [0.25, 0.3) is 10.9 Å². The highest BCUT2D eigenvalue weighted by Gasteiger charge is 2.09. The molecule has 2 rings (SSSR count). The molecule has 0 unspecified atom stereocenters. The van der Waals surface area contributed by atoms with Gasteiger partial charge in [-0.05, 0) is 34.7 Å². The van der Waals surface area contributed by atoms with Crippen LogP contribution in [-0.2, 0) is 11.5 Å². The molecule has 7 heteroatoms. The molecule has 97 valence electrons. The largest absolute Gasteiger partial charge is 0.360 e. The highest BCUT2D eigenvalue weighted by Crippen LogP contribution is 2.22. The average molecular weight is 395 g/mol. The highest BCUT2D eigenvalue weighted by molar-refractivity contribution is 14.1. The van der Waals surface area contributed by atoms with E-state index in [2.05, 4.69) is 45.8 Å². The lowest BCUT2D eigenvalue weighted by molar-refractivity contribution is 0.0817. The van der Waals surface area contributed by atoms with E-state index in [4.69, 9.17) is 16.3 Å². The molecule has 0 aliphatic heterocycles. The molecule has 0 amide bonds. The van der Waals surface area contributed by atoms with Crippen LogP contribution in [0.3, 0.4) is 0 Å². The zero-order valence-corrected chi connectivity index (χ0v) is 14.2. The summed E-state index contributed by atoms with van der Waals surface area (Å²) in [7, 11) is -0.217. The minimum absolute atomic E-state index is 0.217. The quantitative estimate of drug-likeness (QED) is 0.338. The minimum Gasteiger partial charge on any atom is -0.360 e. The molecular formula is C11H14ClIN3OSi. The second-order valence-corrected chi connectivity index (χ2v) is 8.63. The van der Waals surface area contributed by atoms with Crippen molar-refractivity contribution < 1.29 is 4.74 Å². The van der Waals surface area contributed by atoms with Crippen molar-refractivity contribution in [2.24, 2.45) is 0 Å². The fourth-order valence-corrected chi connectivity index (χ4v) is 2.94. The van der Waals surface area contributed by atoms with Gasteiger partial charge in [-0.1, -0.05) is 24.7 Å². The number of ether oxygens (including phenoxy) is 1. The number of pyridine rings is 1. The van der Waals surface area contributed by atoms with Gasteiger partial charge in [0.15, 0.2) is 0 Å². The molecule has 1 radical (unpaired) electrons. The Hall–Kier alpha value is -0.183. The summed E-state index contributed by atoms with van der Waals surface area (Å²) in [4.78, 5) is 4.09. The first-order chi connectivity index (χ1) is 8.58. The Bertz CT molecular complexity index is 546. The molecule has 2 heterocycles. The number of rotatable bonds is 5. The summed E-state index contributed by atoms with van der Waals surface area (Å²) in [5, 5.41) is 5.95. The van der Waals surface area contributed by atoms with Crippen LogP contribution in [0.2, 0.25) is 24.3 Å². The van der Waals surface area contributed by atoms with E-state index in [1.807, 2.05) is 10.7 Å². The minimum atomic E-state index is -0.217. The Morgan fingerprint density at radius 3 is 3.00 bits per heavy atom. The van der Waals surface area contributed by atoms with Gasteiger partial charge in [0.2, 0.25) is 0 Å². The molecule has 18 heavy (non-hydrogen) atoms. The van der Waals surface area contributed by atoms with Crippen LogP contribution in [-0.4, -0.2) is 30.2 Å². The summed E-state index contributed by atoms with van der Waals surface area (Å²) in [6, 6.07) is 2.99. The van der Waals surface area contributed by atoms with Gasteiger partial charge >= 0.3 is 0 Å². The molecular weight excluding hydrogens is 381 g/mol. The van der Waals surface area contributed by atoms with Crippen LogP contribution >= 0.6 is 34.2 Å². The van der Waals surface area contributed by atoms with Crippen molar-refractivity contribution in [3.8, 4) is 0 Å². The number of nitrogens with zero attached hydrogens (tertiary/aromatic N) is 3. The van der Waals surface area contributed by atoms with Crippen molar-refractivity contribution >= 4 is 53.9 Å². The zero-order valence-electron chi connectivity index (χ0n) is 10.3. The monoisotopic (exact) mass is 394 g/mol. The molecule has 0 spiro atoms. The maximum Gasteiger partial charge on any atom is 0.140 e. The smallest absolute Gasteiger partial charge is 0.140 e. The number of halogens is 2. The van der Waals surface area contributed by atoms with Crippen molar-refractivity contribution in [1.29, 1.82) is 0 Å². The van der Waals surface area contributed by atoms with Gasteiger partial charge in [0.1, 0.15) is 15.6 Å². The standard InChI is InChI=1S/C11H14ClIN3OSi/c1-18(2)4-3-17-7-16-9-6-14-10(12)5-8(9)11(13)15-16/h5-6H,3-4,7H2,1-2H3. The fourth-order valence-electron chi connectivity index (χ4n) is 1.53. The van der Waals surface area contributed by atoms with Crippen LogP contribution in [0.1, 0.15) is 0 Å². The lowest BCUT2D eigenvalue weighted by Crippen LogP contribution is -2.09. The molecule has 0 bridgehead atoms. The van der Waals surface area contributed by atoms with Crippen LogP contribution in [0, 0.1) is 3.70 Å². The van der Waals surface area contributed by atoms with E-state index in [1.165, 1.54) is 0 Å². The highest BCUT2D eigenvalue weighted by atomic mass is 127. The number of hydrogen-bond acceptors (Lipinski definition) is 3. The second-order valence-electron chi connectivity index (χ2n) is 4.31. The first kappa shape index (κ1) is 14.2. The van der Waals surface area contributed by atoms with Gasteiger partial charge in [-0.2, -0.15) is 5.10 Å². The fraction of sp³-hybridized carbons (Fsp3) is 0.455. The lowest BCUT2D eigenvalue weighted by Gasteiger charge is -2.06. The Balaban J connectivity index is 2.09. The van der Waals surface area contributed by atoms with E-state index in [0.717, 1.165) is 27.3 Å². The van der Waals surface area contributed by atoms with Crippen LogP contribution < -0.4 is 0 Å². The molecule has 2 aromatic heterocycles. The predicted octanol–water partition coefficient (Wildman–Crippen LogP) is 3.42. The molecule has 0 saturated carbocycles. The third-order valence-corrected chi connectivity index (χ3v) is 4.73. The molecule has 4 nitrogen and oxygen atoms in total. The summed E-state index contributed by atoms with van der Waals surface area (Å²) in [5.41, 5.74) is 0.960. The number of aromatic nitrogens is 3. The SMILES string of the molecule is C[Si](C)CCOCn1nc(I)c2cc(Cl)ncc21. The topological polar surface area (TPSA) is 39.9 Å². The summed E-state index contributed by atoms with van der Waals surface area (Å²) in [6.07, 6.45) is 1.74. The van der Waals surface area contributed by atoms with E-state index < -0.39 is 0 Å². The Morgan fingerprint density at radius 1 is 1.50 bits per heavy atom. The van der Waals surface area contributed by atoms with E-state index in [9.17, 15) is 0 Å². The summed E-state index contributed by atoms with van der Waals surface area (Å²) in [6.45, 7) is 5.83. The van der Waals surface area contributed by atoms with E-state index in [-0.39, 0.29) is 8.80 Å². The Kier molecular flexibility index (Phi) is 4.99. The second kappa shape index (κ2) is 6.31. The van der Waals surface area contributed by atoms with Gasteiger partial charge < -0.3 is 4.74 Å². The summed E-state index contributed by atoms with van der Waals surface area (Å²) in [5.74, 6) is 0. The van der Waals surface area contributed by atoms with Crippen LogP contribution in [0.4, 0.5) is 0 Å². The average Bonchev–Trinajstić information content (AvgIpc) is 2.61. The normalized spacial score (nSPS) is 11.6. The first-order valence-corrected chi connectivity index (χ1v) is 9.78. The molecule has 0 atom stereocenters. The van der Waals surface area contributed by atoms with Gasteiger partial charge in [-0.15, -0.1) is 0 Å². The molecule has 0 aliphatic carbocycles. The van der Waals surface area contributed by atoms with Crippen molar-refractivity contribution in [1.82, 2.24) is 14.8 Å². The molecule has 0 saturated heterocycles. The van der Waals surface area contributed by atoms with Crippen molar-refractivity contribution in [2.45, 2.75) is 25.9 Å². The molecule has 2 aromatic rings. The van der Waals surface area contributed by atoms with Crippen LogP contribution in [0.5, 0.6) is 0 Å². The molecule has 0 N–H and O–H groups in total. The van der Waals surface area contributed by atoms with Gasteiger partial charge in [0.25, 0.3) is 0 Å². The third kappa shape index (κ3) is 3.43. The Morgan fingerprint density at radius 2 is 2.28 bits per heavy atom. The predicted molar refractivity (Wildman–Crippen MR) is 83.5 cm³/mol. The molecule has 0 aromatic carbocycles. The van der Waals surface area contributed by atoms with E-state index in [1.54, 1.807) is 6.20 Å². The van der Waals surface area contributed by atoms with E-state index in [0.29, 0.717) is 11.9 Å². The van der Waals surface area contributed by atoms with E-state index >= 15 is 0 Å².